The molecule has 2 rings (SSSR count). The van der Waals surface area contributed by atoms with E-state index in [1.165, 1.54) is 22.3 Å². The predicted octanol–water partition coefficient (Wildman–Crippen LogP) is 2.84. The van der Waals surface area contributed by atoms with E-state index in [4.69, 9.17) is 5.84 Å². The molecule has 19 heavy (non-hydrogen) atoms. The number of hydrogen-bond acceptors (Lipinski definition) is 3. The lowest BCUT2D eigenvalue weighted by atomic mass is 9.97. The van der Waals surface area contributed by atoms with E-state index in [1.54, 1.807) is 0 Å². The lowest BCUT2D eigenvalue weighted by molar-refractivity contribution is 0.516. The zero-order valence-electron chi connectivity index (χ0n) is 11.6. The molecular weight excluding hydrogens is 234 g/mol. The first kappa shape index (κ1) is 13.7. The average Bonchev–Trinajstić information content (AvgIpc) is 2.44. The minimum absolute atomic E-state index is 0.187. The molecule has 0 aliphatic heterocycles. The molecule has 2 aromatic rings. The summed E-state index contributed by atoms with van der Waals surface area (Å²) in [5, 5.41) is 0. The summed E-state index contributed by atoms with van der Waals surface area (Å²) in [4.78, 5) is 4.03. The van der Waals surface area contributed by atoms with Crippen LogP contribution in [0, 0.1) is 13.8 Å². The molecular formula is C16H21N3. The van der Waals surface area contributed by atoms with Gasteiger partial charge in [-0.15, -0.1) is 0 Å². The second-order valence-corrected chi connectivity index (χ2v) is 4.96. The number of benzene rings is 1. The Hall–Kier alpha value is -1.71. The predicted molar refractivity (Wildman–Crippen MR) is 78.5 cm³/mol. The van der Waals surface area contributed by atoms with Crippen LogP contribution in [0.15, 0.2) is 42.7 Å². The maximum Gasteiger partial charge on any atom is 0.0463 e. The van der Waals surface area contributed by atoms with Crippen LogP contribution in [0.5, 0.6) is 0 Å². The normalized spacial score (nSPS) is 12.4. The second kappa shape index (κ2) is 6.45. The molecule has 1 atom stereocenters. The van der Waals surface area contributed by atoms with E-state index in [-0.39, 0.29) is 6.04 Å². The van der Waals surface area contributed by atoms with Gasteiger partial charge in [-0.2, -0.15) is 0 Å². The molecule has 0 spiro atoms. The first-order valence-corrected chi connectivity index (χ1v) is 6.63. The SMILES string of the molecule is Cc1ccc(C(CCc2ccncc2)NN)cc1C. The van der Waals surface area contributed by atoms with Gasteiger partial charge in [-0.3, -0.25) is 16.3 Å². The lowest BCUT2D eigenvalue weighted by Gasteiger charge is -2.17. The first-order chi connectivity index (χ1) is 9.20. The molecule has 0 fully saturated rings. The van der Waals surface area contributed by atoms with Crippen LogP contribution < -0.4 is 11.3 Å². The van der Waals surface area contributed by atoms with E-state index in [9.17, 15) is 0 Å². The molecule has 0 aliphatic carbocycles. The van der Waals surface area contributed by atoms with Gasteiger partial charge >= 0.3 is 0 Å². The summed E-state index contributed by atoms with van der Waals surface area (Å²) in [5.74, 6) is 5.69. The van der Waals surface area contributed by atoms with Crippen LogP contribution in [0.3, 0.4) is 0 Å². The highest BCUT2D eigenvalue weighted by Gasteiger charge is 2.10. The highest BCUT2D eigenvalue weighted by atomic mass is 15.2. The molecule has 100 valence electrons. The van der Waals surface area contributed by atoms with Crippen molar-refractivity contribution in [2.45, 2.75) is 32.7 Å². The number of hydrogen-bond donors (Lipinski definition) is 2. The van der Waals surface area contributed by atoms with E-state index < -0.39 is 0 Å². The third-order valence-corrected chi connectivity index (χ3v) is 3.61. The van der Waals surface area contributed by atoms with Gasteiger partial charge in [0.2, 0.25) is 0 Å². The van der Waals surface area contributed by atoms with Crippen molar-refractivity contribution in [1.82, 2.24) is 10.4 Å². The number of hydrazine groups is 1. The zero-order chi connectivity index (χ0) is 13.7. The largest absolute Gasteiger partial charge is 0.271 e. The van der Waals surface area contributed by atoms with Crippen molar-refractivity contribution in [1.29, 1.82) is 0 Å². The quantitative estimate of drug-likeness (QED) is 0.638. The van der Waals surface area contributed by atoms with Crippen LogP contribution >= 0.6 is 0 Å². The van der Waals surface area contributed by atoms with Crippen LogP contribution in [0.25, 0.3) is 0 Å². The van der Waals surface area contributed by atoms with Crippen LogP contribution in [-0.4, -0.2) is 4.98 Å². The van der Waals surface area contributed by atoms with Gasteiger partial charge in [-0.05, 0) is 61.1 Å². The van der Waals surface area contributed by atoms with Crippen molar-refractivity contribution in [3.8, 4) is 0 Å². The topological polar surface area (TPSA) is 50.9 Å². The lowest BCUT2D eigenvalue weighted by Crippen LogP contribution is -2.28. The maximum atomic E-state index is 5.69. The fourth-order valence-corrected chi connectivity index (χ4v) is 2.19. The number of aromatic nitrogens is 1. The van der Waals surface area contributed by atoms with Gasteiger partial charge in [0.1, 0.15) is 0 Å². The second-order valence-electron chi connectivity index (χ2n) is 4.96. The number of nitrogens with one attached hydrogen (secondary N) is 1. The minimum atomic E-state index is 0.187. The smallest absolute Gasteiger partial charge is 0.0463 e. The fraction of sp³-hybridized carbons (Fsp3) is 0.312. The van der Waals surface area contributed by atoms with Crippen LogP contribution in [-0.2, 0) is 6.42 Å². The van der Waals surface area contributed by atoms with E-state index in [1.807, 2.05) is 24.5 Å². The molecule has 0 aliphatic rings. The molecule has 0 amide bonds. The Balaban J connectivity index is 2.05. The van der Waals surface area contributed by atoms with Gasteiger partial charge in [-0.1, -0.05) is 18.2 Å². The van der Waals surface area contributed by atoms with Gasteiger partial charge in [0.25, 0.3) is 0 Å². The molecule has 0 saturated carbocycles. The number of nitrogens with two attached hydrogens (primary N) is 1. The van der Waals surface area contributed by atoms with E-state index in [0.29, 0.717) is 0 Å². The summed E-state index contributed by atoms with van der Waals surface area (Å²) in [6, 6.07) is 10.8. The van der Waals surface area contributed by atoms with Crippen molar-refractivity contribution in [3.05, 3.63) is 65.0 Å². The van der Waals surface area contributed by atoms with Gasteiger partial charge in [0.15, 0.2) is 0 Å². The van der Waals surface area contributed by atoms with Crippen molar-refractivity contribution in [2.24, 2.45) is 5.84 Å². The average molecular weight is 255 g/mol. The Morgan fingerprint density at radius 2 is 1.84 bits per heavy atom. The summed E-state index contributed by atoms with van der Waals surface area (Å²) in [7, 11) is 0. The Kier molecular flexibility index (Phi) is 4.66. The Morgan fingerprint density at radius 1 is 1.11 bits per heavy atom. The zero-order valence-corrected chi connectivity index (χ0v) is 11.6. The fourth-order valence-electron chi connectivity index (χ4n) is 2.19. The highest BCUT2D eigenvalue weighted by molar-refractivity contribution is 5.31. The van der Waals surface area contributed by atoms with Gasteiger partial charge in [0, 0.05) is 18.4 Å². The third-order valence-electron chi connectivity index (χ3n) is 3.61. The summed E-state index contributed by atoms with van der Waals surface area (Å²) in [6.07, 6.45) is 5.62. The van der Waals surface area contributed by atoms with Crippen LogP contribution in [0.4, 0.5) is 0 Å². The van der Waals surface area contributed by atoms with Gasteiger partial charge in [-0.25, -0.2) is 0 Å². The summed E-state index contributed by atoms with van der Waals surface area (Å²) < 4.78 is 0. The Morgan fingerprint density at radius 3 is 2.47 bits per heavy atom. The van der Waals surface area contributed by atoms with Crippen molar-refractivity contribution < 1.29 is 0 Å². The van der Waals surface area contributed by atoms with Crippen molar-refractivity contribution in [3.63, 3.8) is 0 Å². The monoisotopic (exact) mass is 255 g/mol. The maximum absolute atomic E-state index is 5.69. The molecule has 0 saturated heterocycles. The van der Waals surface area contributed by atoms with Gasteiger partial charge in [0.05, 0.1) is 0 Å². The number of aryl methyl sites for hydroxylation is 3. The minimum Gasteiger partial charge on any atom is -0.271 e. The molecule has 1 unspecified atom stereocenters. The summed E-state index contributed by atoms with van der Waals surface area (Å²) in [6.45, 7) is 4.26. The molecule has 3 nitrogen and oxygen atoms in total. The molecule has 0 radical (unpaired) electrons. The van der Waals surface area contributed by atoms with Crippen molar-refractivity contribution >= 4 is 0 Å². The Labute approximate surface area is 114 Å². The van der Waals surface area contributed by atoms with Crippen LogP contribution in [0.1, 0.15) is 34.7 Å². The Bertz CT molecular complexity index is 523. The summed E-state index contributed by atoms with van der Waals surface area (Å²) in [5.41, 5.74) is 8.08. The number of rotatable bonds is 5. The molecule has 1 heterocycles. The van der Waals surface area contributed by atoms with Crippen molar-refractivity contribution in [2.75, 3.05) is 0 Å². The standard InChI is InChI=1S/C16H21N3/c1-12-3-5-15(11-13(12)2)16(19-17)6-4-14-7-9-18-10-8-14/h3,5,7-11,16,19H,4,6,17H2,1-2H3. The van der Waals surface area contributed by atoms with Crippen LogP contribution in [0.2, 0.25) is 0 Å². The summed E-state index contributed by atoms with van der Waals surface area (Å²) >= 11 is 0. The number of nitrogens with zero attached hydrogens (tertiary/aromatic N) is 1. The van der Waals surface area contributed by atoms with E-state index in [2.05, 4.69) is 42.5 Å². The molecule has 0 bridgehead atoms. The molecule has 3 N–H and O–H groups in total. The molecule has 3 heteroatoms. The highest BCUT2D eigenvalue weighted by Crippen LogP contribution is 2.21. The first-order valence-electron chi connectivity index (χ1n) is 6.63. The molecule has 1 aromatic heterocycles. The number of pyridine rings is 1. The van der Waals surface area contributed by atoms with E-state index in [0.717, 1.165) is 12.8 Å². The van der Waals surface area contributed by atoms with Gasteiger partial charge < -0.3 is 0 Å². The van der Waals surface area contributed by atoms with E-state index >= 15 is 0 Å². The molecule has 1 aromatic carbocycles. The third kappa shape index (κ3) is 3.63.